The number of sulfonamides is 1. The van der Waals surface area contributed by atoms with E-state index < -0.39 is 16.3 Å². The number of carbonyl (C=O) groups excluding carboxylic acids is 1. The summed E-state index contributed by atoms with van der Waals surface area (Å²) in [5.41, 5.74) is 0.274. The summed E-state index contributed by atoms with van der Waals surface area (Å²) >= 11 is 0. The fraction of sp³-hybridized carbons (Fsp3) is 0.696. The van der Waals surface area contributed by atoms with Gasteiger partial charge < -0.3 is 10.1 Å². The molecule has 1 saturated carbocycles. The molecule has 1 aliphatic heterocycles. The summed E-state index contributed by atoms with van der Waals surface area (Å²) in [5.74, 6) is 0.569. The lowest BCUT2D eigenvalue weighted by molar-refractivity contribution is -0.102. The van der Waals surface area contributed by atoms with Crippen LogP contribution in [0.5, 0.6) is 0 Å². The minimum absolute atomic E-state index is 0.144. The molecule has 0 bridgehead atoms. The molecule has 3 rings (SSSR count). The van der Waals surface area contributed by atoms with E-state index in [1.807, 2.05) is 25.1 Å². The number of hydrogen-bond donors (Lipinski definition) is 1. The Labute approximate surface area is 187 Å². The predicted molar refractivity (Wildman–Crippen MR) is 122 cm³/mol. The van der Waals surface area contributed by atoms with Gasteiger partial charge in [0, 0.05) is 38.9 Å². The maximum atomic E-state index is 12.9. The Hall–Kier alpha value is -1.48. The van der Waals surface area contributed by atoms with E-state index in [0.29, 0.717) is 44.1 Å². The number of rotatable bonds is 8. The van der Waals surface area contributed by atoms with Gasteiger partial charge in [0.15, 0.2) is 0 Å². The van der Waals surface area contributed by atoms with Crippen molar-refractivity contribution in [1.29, 1.82) is 0 Å². The second-order valence-electron chi connectivity index (χ2n) is 8.96. The second kappa shape index (κ2) is 10.4. The third kappa shape index (κ3) is 5.48. The van der Waals surface area contributed by atoms with Gasteiger partial charge in [0.05, 0.1) is 11.3 Å². The Bertz CT molecular complexity index is 824. The standard InChI is InChI=1S/C23H37N3O4S/c1-4-17-31(28,29)26-15-13-25(14-16-26)23(12-8-9-19(2)18-23)22(30-3)24-21(27)20-10-6-5-7-11-20/h5-7,10-11,19,22H,4,8-9,12-18H2,1-3H3,(H,24,27). The third-order valence-corrected chi connectivity index (χ3v) is 8.83. The molecular weight excluding hydrogens is 414 g/mol. The lowest BCUT2D eigenvalue weighted by atomic mass is 9.73. The Morgan fingerprint density at radius 2 is 1.90 bits per heavy atom. The van der Waals surface area contributed by atoms with Crippen molar-refractivity contribution in [2.75, 3.05) is 39.0 Å². The second-order valence-corrected chi connectivity index (χ2v) is 11.1. The highest BCUT2D eigenvalue weighted by Crippen LogP contribution is 2.40. The predicted octanol–water partition coefficient (Wildman–Crippen LogP) is 2.70. The van der Waals surface area contributed by atoms with Crippen molar-refractivity contribution in [3.8, 4) is 0 Å². The molecule has 0 radical (unpaired) electrons. The van der Waals surface area contributed by atoms with Gasteiger partial charge in [-0.3, -0.25) is 9.69 Å². The fourth-order valence-corrected chi connectivity index (χ4v) is 6.75. The number of nitrogens with zero attached hydrogens (tertiary/aromatic N) is 2. The zero-order chi connectivity index (χ0) is 22.5. The number of piperazine rings is 1. The zero-order valence-electron chi connectivity index (χ0n) is 19.0. The van der Waals surface area contributed by atoms with E-state index >= 15 is 0 Å². The van der Waals surface area contributed by atoms with Gasteiger partial charge in [-0.25, -0.2) is 8.42 Å². The molecule has 3 atom stereocenters. The topological polar surface area (TPSA) is 79.0 Å². The van der Waals surface area contributed by atoms with Crippen LogP contribution in [0.3, 0.4) is 0 Å². The average Bonchev–Trinajstić information content (AvgIpc) is 2.78. The van der Waals surface area contributed by atoms with Crippen molar-refractivity contribution in [3.05, 3.63) is 35.9 Å². The first-order valence-corrected chi connectivity index (χ1v) is 13.0. The van der Waals surface area contributed by atoms with Crippen LogP contribution in [-0.2, 0) is 14.8 Å². The van der Waals surface area contributed by atoms with Crippen LogP contribution in [0, 0.1) is 5.92 Å². The van der Waals surface area contributed by atoms with Crippen LogP contribution in [0.4, 0.5) is 0 Å². The maximum Gasteiger partial charge on any atom is 0.253 e. The SMILES string of the molecule is CCCS(=O)(=O)N1CCN(C2(C(NC(=O)c3ccccc3)OC)CCCC(C)C2)CC1. The largest absolute Gasteiger partial charge is 0.360 e. The first-order valence-electron chi connectivity index (χ1n) is 11.4. The fourth-order valence-electron chi connectivity index (χ4n) is 5.26. The lowest BCUT2D eigenvalue weighted by Crippen LogP contribution is -2.68. The lowest BCUT2D eigenvalue weighted by Gasteiger charge is -2.53. The van der Waals surface area contributed by atoms with Crippen molar-refractivity contribution >= 4 is 15.9 Å². The molecule has 2 aliphatic rings. The summed E-state index contributed by atoms with van der Waals surface area (Å²) in [6.45, 7) is 6.42. The number of nitrogens with one attached hydrogen (secondary N) is 1. The molecule has 31 heavy (non-hydrogen) atoms. The van der Waals surface area contributed by atoms with E-state index in [9.17, 15) is 13.2 Å². The number of methoxy groups -OCH3 is 1. The van der Waals surface area contributed by atoms with Gasteiger partial charge in [-0.05, 0) is 37.3 Å². The van der Waals surface area contributed by atoms with Gasteiger partial charge in [-0.2, -0.15) is 4.31 Å². The molecule has 174 valence electrons. The summed E-state index contributed by atoms with van der Waals surface area (Å²) in [4.78, 5) is 15.3. The zero-order valence-corrected chi connectivity index (χ0v) is 19.9. The molecule has 1 heterocycles. The van der Waals surface area contributed by atoms with Crippen molar-refractivity contribution in [3.63, 3.8) is 0 Å². The smallest absolute Gasteiger partial charge is 0.253 e. The first-order chi connectivity index (χ1) is 14.8. The Morgan fingerprint density at radius 3 is 2.48 bits per heavy atom. The normalized spacial score (nSPS) is 27.0. The molecule has 0 aromatic heterocycles. The molecular formula is C23H37N3O4S. The minimum Gasteiger partial charge on any atom is -0.360 e. The molecule has 1 N–H and O–H groups in total. The van der Waals surface area contributed by atoms with Gasteiger partial charge in [0.1, 0.15) is 6.23 Å². The van der Waals surface area contributed by atoms with Crippen molar-refractivity contribution < 1.29 is 17.9 Å². The van der Waals surface area contributed by atoms with Gasteiger partial charge >= 0.3 is 0 Å². The number of hydrogen-bond acceptors (Lipinski definition) is 5. The van der Waals surface area contributed by atoms with Crippen LogP contribution in [0.15, 0.2) is 30.3 Å². The van der Waals surface area contributed by atoms with E-state index in [1.165, 1.54) is 0 Å². The molecule has 7 nitrogen and oxygen atoms in total. The molecule has 1 amide bonds. The molecule has 0 spiro atoms. The van der Waals surface area contributed by atoms with E-state index in [-0.39, 0.29) is 17.2 Å². The molecule has 3 unspecified atom stereocenters. The Balaban J connectivity index is 1.80. The van der Waals surface area contributed by atoms with E-state index in [2.05, 4.69) is 17.1 Å². The number of carbonyl (C=O) groups is 1. The van der Waals surface area contributed by atoms with Crippen molar-refractivity contribution in [1.82, 2.24) is 14.5 Å². The van der Waals surface area contributed by atoms with Crippen molar-refractivity contribution in [2.24, 2.45) is 5.92 Å². The van der Waals surface area contributed by atoms with E-state index in [0.717, 1.165) is 25.7 Å². The van der Waals surface area contributed by atoms with Gasteiger partial charge in [0.2, 0.25) is 10.0 Å². The summed E-state index contributed by atoms with van der Waals surface area (Å²) in [7, 11) is -1.54. The van der Waals surface area contributed by atoms with Crippen LogP contribution in [0.2, 0.25) is 0 Å². The number of amides is 1. The minimum atomic E-state index is -3.19. The maximum absolute atomic E-state index is 12.9. The molecule has 1 aromatic carbocycles. The van der Waals surface area contributed by atoms with Crippen LogP contribution in [-0.4, -0.2) is 74.3 Å². The first kappa shape index (κ1) is 24.2. The molecule has 1 aliphatic carbocycles. The van der Waals surface area contributed by atoms with E-state index in [4.69, 9.17) is 4.74 Å². The highest BCUT2D eigenvalue weighted by molar-refractivity contribution is 7.89. The molecule has 1 saturated heterocycles. The van der Waals surface area contributed by atoms with Gasteiger partial charge in [-0.1, -0.05) is 44.9 Å². The molecule has 2 fully saturated rings. The van der Waals surface area contributed by atoms with E-state index in [1.54, 1.807) is 23.5 Å². The third-order valence-electron chi connectivity index (χ3n) is 6.75. The quantitative estimate of drug-likeness (QED) is 0.615. The summed E-state index contributed by atoms with van der Waals surface area (Å²) in [6, 6.07) is 9.20. The number of ether oxygens (including phenoxy) is 1. The van der Waals surface area contributed by atoms with Crippen LogP contribution < -0.4 is 5.32 Å². The van der Waals surface area contributed by atoms with Crippen molar-refractivity contribution in [2.45, 2.75) is 57.7 Å². The molecule has 8 heteroatoms. The molecule has 1 aromatic rings. The average molecular weight is 452 g/mol. The summed E-state index contributed by atoms with van der Waals surface area (Å²) in [6.07, 6.45) is 4.24. The van der Waals surface area contributed by atoms with Crippen LogP contribution in [0.25, 0.3) is 0 Å². The van der Waals surface area contributed by atoms with Crippen LogP contribution >= 0.6 is 0 Å². The summed E-state index contributed by atoms with van der Waals surface area (Å²) in [5, 5.41) is 3.14. The Morgan fingerprint density at radius 1 is 1.23 bits per heavy atom. The Kier molecular flexibility index (Phi) is 8.13. The number of benzene rings is 1. The highest BCUT2D eigenvalue weighted by atomic mass is 32.2. The van der Waals surface area contributed by atoms with Gasteiger partial charge in [-0.15, -0.1) is 0 Å². The monoisotopic (exact) mass is 451 g/mol. The summed E-state index contributed by atoms with van der Waals surface area (Å²) < 4.78 is 32.6. The highest BCUT2D eigenvalue weighted by Gasteiger charge is 2.48. The van der Waals surface area contributed by atoms with Gasteiger partial charge in [0.25, 0.3) is 5.91 Å². The van der Waals surface area contributed by atoms with Crippen LogP contribution in [0.1, 0.15) is 56.3 Å².